The van der Waals surface area contributed by atoms with Crippen LogP contribution in [0.2, 0.25) is 0 Å². The molecular weight excluding hydrogens is 320 g/mol. The SMILES string of the molecule is C=C(/C=C\C(=C/C)Oc1ccccc1)Oc1ccc(CC(C)(C)C)cc1. The van der Waals surface area contributed by atoms with E-state index in [1.54, 1.807) is 6.08 Å². The van der Waals surface area contributed by atoms with Crippen LogP contribution in [-0.4, -0.2) is 0 Å². The molecule has 0 fully saturated rings. The van der Waals surface area contributed by atoms with E-state index in [0.29, 0.717) is 5.76 Å². The summed E-state index contributed by atoms with van der Waals surface area (Å²) >= 11 is 0. The van der Waals surface area contributed by atoms with Gasteiger partial charge in [-0.2, -0.15) is 0 Å². The van der Waals surface area contributed by atoms with Crippen molar-refractivity contribution >= 4 is 0 Å². The summed E-state index contributed by atoms with van der Waals surface area (Å²) in [5, 5.41) is 0. The van der Waals surface area contributed by atoms with Crippen molar-refractivity contribution in [1.29, 1.82) is 0 Å². The number of hydrogen-bond acceptors (Lipinski definition) is 2. The van der Waals surface area contributed by atoms with Gasteiger partial charge in [-0.3, -0.25) is 0 Å². The fourth-order valence-electron chi connectivity index (χ4n) is 2.46. The van der Waals surface area contributed by atoms with Gasteiger partial charge in [-0.25, -0.2) is 0 Å². The summed E-state index contributed by atoms with van der Waals surface area (Å²) in [5.41, 5.74) is 1.58. The molecule has 0 aliphatic heterocycles. The fourth-order valence-corrected chi connectivity index (χ4v) is 2.46. The van der Waals surface area contributed by atoms with Crippen molar-refractivity contribution in [3.8, 4) is 11.5 Å². The van der Waals surface area contributed by atoms with Crippen LogP contribution in [-0.2, 0) is 6.42 Å². The lowest BCUT2D eigenvalue weighted by atomic mass is 9.88. The molecule has 0 heterocycles. The Balaban J connectivity index is 1.91. The molecule has 2 nitrogen and oxygen atoms in total. The molecule has 0 aromatic heterocycles. The maximum atomic E-state index is 5.80. The molecule has 0 radical (unpaired) electrons. The minimum absolute atomic E-state index is 0.274. The molecule has 2 aromatic rings. The Morgan fingerprint density at radius 1 is 0.885 bits per heavy atom. The van der Waals surface area contributed by atoms with E-state index < -0.39 is 0 Å². The van der Waals surface area contributed by atoms with Crippen molar-refractivity contribution in [2.75, 3.05) is 0 Å². The lowest BCUT2D eigenvalue weighted by Crippen LogP contribution is -2.08. The molecule has 0 bridgehead atoms. The van der Waals surface area contributed by atoms with Crippen LogP contribution in [0.5, 0.6) is 11.5 Å². The monoisotopic (exact) mass is 348 g/mol. The molecule has 0 spiro atoms. The summed E-state index contributed by atoms with van der Waals surface area (Å²) in [6, 6.07) is 17.9. The number of ether oxygens (including phenoxy) is 2. The highest BCUT2D eigenvalue weighted by atomic mass is 16.5. The summed E-state index contributed by atoms with van der Waals surface area (Å²) in [6.45, 7) is 12.6. The maximum Gasteiger partial charge on any atom is 0.127 e. The number of allylic oxidation sites excluding steroid dienone is 3. The summed E-state index contributed by atoms with van der Waals surface area (Å²) in [6.07, 6.45) is 6.60. The van der Waals surface area contributed by atoms with E-state index >= 15 is 0 Å². The van der Waals surface area contributed by atoms with Crippen LogP contribution in [0, 0.1) is 5.41 Å². The summed E-state index contributed by atoms with van der Waals surface area (Å²) in [7, 11) is 0. The minimum Gasteiger partial charge on any atom is -0.458 e. The first-order valence-corrected chi connectivity index (χ1v) is 8.89. The molecule has 0 unspecified atom stereocenters. The van der Waals surface area contributed by atoms with E-state index in [4.69, 9.17) is 9.47 Å². The van der Waals surface area contributed by atoms with Crippen LogP contribution in [0.4, 0.5) is 0 Å². The molecule has 2 rings (SSSR count). The molecule has 0 aliphatic carbocycles. The van der Waals surface area contributed by atoms with E-state index in [1.165, 1.54) is 5.56 Å². The fraction of sp³-hybridized carbons (Fsp3) is 0.250. The van der Waals surface area contributed by atoms with Gasteiger partial charge in [-0.05, 0) is 66.8 Å². The smallest absolute Gasteiger partial charge is 0.127 e. The zero-order valence-electron chi connectivity index (χ0n) is 16.2. The van der Waals surface area contributed by atoms with Gasteiger partial charge in [0.2, 0.25) is 0 Å². The molecule has 26 heavy (non-hydrogen) atoms. The van der Waals surface area contributed by atoms with Gasteiger partial charge in [0.05, 0.1) is 0 Å². The second kappa shape index (κ2) is 9.10. The van der Waals surface area contributed by atoms with E-state index in [9.17, 15) is 0 Å². The first-order chi connectivity index (χ1) is 12.4. The molecule has 136 valence electrons. The van der Waals surface area contributed by atoms with Gasteiger partial charge in [-0.15, -0.1) is 0 Å². The Labute approximate surface area is 157 Å². The first-order valence-electron chi connectivity index (χ1n) is 8.89. The van der Waals surface area contributed by atoms with Crippen molar-refractivity contribution in [3.05, 3.63) is 96.5 Å². The summed E-state index contributed by atoms with van der Waals surface area (Å²) in [4.78, 5) is 0. The Kier molecular flexibility index (Phi) is 6.85. The van der Waals surface area contributed by atoms with Crippen molar-refractivity contribution in [3.63, 3.8) is 0 Å². The number of rotatable bonds is 7. The van der Waals surface area contributed by atoms with Crippen LogP contribution in [0.15, 0.2) is 90.9 Å². The van der Waals surface area contributed by atoms with Crippen LogP contribution in [0.3, 0.4) is 0 Å². The van der Waals surface area contributed by atoms with Gasteiger partial charge in [0, 0.05) is 0 Å². The van der Waals surface area contributed by atoms with Crippen LogP contribution in [0.25, 0.3) is 0 Å². The molecule has 0 saturated heterocycles. The van der Waals surface area contributed by atoms with Crippen molar-refractivity contribution < 1.29 is 9.47 Å². The molecular formula is C24H28O2. The summed E-state index contributed by atoms with van der Waals surface area (Å²) < 4.78 is 11.6. The molecule has 0 saturated carbocycles. The quantitative estimate of drug-likeness (QED) is 0.409. The highest BCUT2D eigenvalue weighted by Crippen LogP contribution is 2.23. The Bertz CT molecular complexity index is 760. The zero-order chi connectivity index (χ0) is 19.0. The van der Waals surface area contributed by atoms with E-state index in [1.807, 2.05) is 61.5 Å². The average Bonchev–Trinajstić information content (AvgIpc) is 2.60. The number of benzene rings is 2. The van der Waals surface area contributed by atoms with E-state index in [-0.39, 0.29) is 5.41 Å². The van der Waals surface area contributed by atoms with Gasteiger partial charge < -0.3 is 9.47 Å². The molecule has 2 aromatic carbocycles. The standard InChI is InChI=1S/C24H28O2/c1-6-21(26-22-10-8-7-9-11-22)15-12-19(2)25-23-16-13-20(14-17-23)18-24(3,4)5/h6-17H,2,18H2,1,3-5H3/b15-12-,21-6+. The van der Waals surface area contributed by atoms with Gasteiger partial charge in [0.25, 0.3) is 0 Å². The zero-order valence-corrected chi connectivity index (χ0v) is 16.2. The number of hydrogen-bond donors (Lipinski definition) is 0. The lowest BCUT2D eigenvalue weighted by Gasteiger charge is -2.18. The van der Waals surface area contributed by atoms with Crippen LogP contribution >= 0.6 is 0 Å². The van der Waals surface area contributed by atoms with Crippen molar-refractivity contribution in [2.24, 2.45) is 5.41 Å². The third-order valence-electron chi connectivity index (χ3n) is 3.60. The Morgan fingerprint density at radius 2 is 1.50 bits per heavy atom. The minimum atomic E-state index is 0.274. The van der Waals surface area contributed by atoms with Crippen molar-refractivity contribution in [1.82, 2.24) is 0 Å². The highest BCUT2D eigenvalue weighted by Gasteiger charge is 2.11. The Morgan fingerprint density at radius 3 is 2.08 bits per heavy atom. The van der Waals surface area contributed by atoms with E-state index in [0.717, 1.165) is 23.7 Å². The lowest BCUT2D eigenvalue weighted by molar-refractivity contribution is 0.410. The van der Waals surface area contributed by atoms with Gasteiger partial charge in [0.15, 0.2) is 0 Å². The van der Waals surface area contributed by atoms with Crippen LogP contribution in [0.1, 0.15) is 33.3 Å². The molecule has 0 aliphatic rings. The van der Waals surface area contributed by atoms with E-state index in [2.05, 4.69) is 39.5 Å². The van der Waals surface area contributed by atoms with Crippen LogP contribution < -0.4 is 9.47 Å². The predicted molar refractivity (Wildman–Crippen MR) is 109 cm³/mol. The Hall–Kier alpha value is -2.74. The van der Waals surface area contributed by atoms with Gasteiger partial charge in [0.1, 0.15) is 23.0 Å². The maximum absolute atomic E-state index is 5.80. The van der Waals surface area contributed by atoms with Gasteiger partial charge >= 0.3 is 0 Å². The highest BCUT2D eigenvalue weighted by molar-refractivity contribution is 5.32. The normalized spacial score (nSPS) is 12.2. The molecule has 2 heteroatoms. The first kappa shape index (κ1) is 19.6. The third-order valence-corrected chi connectivity index (χ3v) is 3.60. The third kappa shape index (κ3) is 7.02. The topological polar surface area (TPSA) is 18.5 Å². The second-order valence-corrected chi connectivity index (χ2v) is 7.39. The number of para-hydroxylation sites is 1. The average molecular weight is 348 g/mol. The largest absolute Gasteiger partial charge is 0.458 e. The molecule has 0 N–H and O–H groups in total. The second-order valence-electron chi connectivity index (χ2n) is 7.39. The summed E-state index contributed by atoms with van der Waals surface area (Å²) in [5.74, 6) is 2.88. The van der Waals surface area contributed by atoms with Crippen molar-refractivity contribution in [2.45, 2.75) is 34.1 Å². The molecule has 0 amide bonds. The molecule has 0 atom stereocenters. The van der Waals surface area contributed by atoms with Gasteiger partial charge in [-0.1, -0.05) is 57.7 Å². The predicted octanol–water partition coefficient (Wildman–Crippen LogP) is 6.71.